The molecule has 0 aliphatic rings. The Morgan fingerprint density at radius 1 is 1.11 bits per heavy atom. The summed E-state index contributed by atoms with van der Waals surface area (Å²) in [7, 11) is -4.69. The van der Waals surface area contributed by atoms with Gasteiger partial charge in [0.15, 0.2) is 0 Å². The average molecular weight is 397 g/mol. The topological polar surface area (TPSA) is 116 Å². The molecule has 1 heterocycles. The van der Waals surface area contributed by atoms with Crippen LogP contribution < -0.4 is 5.73 Å². The van der Waals surface area contributed by atoms with Gasteiger partial charge >= 0.3 is 6.18 Å². The zero-order chi connectivity index (χ0) is 20.0. The van der Waals surface area contributed by atoms with E-state index in [2.05, 4.69) is 4.98 Å². The molecule has 7 nitrogen and oxygen atoms in total. The lowest BCUT2D eigenvalue weighted by molar-refractivity contribution is -0.384. The molecule has 0 fully saturated rings. The highest BCUT2D eigenvalue weighted by molar-refractivity contribution is 7.91. The van der Waals surface area contributed by atoms with Crippen LogP contribution in [-0.2, 0) is 16.0 Å². The number of benzene rings is 2. The Kier molecular flexibility index (Phi) is 4.26. The van der Waals surface area contributed by atoms with Crippen LogP contribution >= 0.6 is 0 Å². The van der Waals surface area contributed by atoms with Crippen LogP contribution in [0.15, 0.2) is 58.6 Å². The molecule has 0 radical (unpaired) electrons. The van der Waals surface area contributed by atoms with Gasteiger partial charge in [0, 0.05) is 29.2 Å². The van der Waals surface area contributed by atoms with E-state index < -0.39 is 42.8 Å². The fraction of sp³-hybridized carbons (Fsp3) is 0.0625. The number of aromatic nitrogens is 1. The molecule has 0 amide bonds. The van der Waals surface area contributed by atoms with Crippen LogP contribution in [0.5, 0.6) is 0 Å². The number of fused-ring (bicyclic) bond motifs is 1. The van der Waals surface area contributed by atoms with Gasteiger partial charge in [0.2, 0.25) is 9.84 Å². The van der Waals surface area contributed by atoms with Gasteiger partial charge in [-0.3, -0.25) is 15.1 Å². The number of hydrogen-bond donors (Lipinski definition) is 1. The Morgan fingerprint density at radius 3 is 2.44 bits per heavy atom. The molecule has 0 aliphatic heterocycles. The summed E-state index contributed by atoms with van der Waals surface area (Å²) in [6, 6.07) is 6.01. The second kappa shape index (κ2) is 6.20. The summed E-state index contributed by atoms with van der Waals surface area (Å²) in [6.45, 7) is 0. The maximum Gasteiger partial charge on any atom is 0.417 e. The minimum atomic E-state index is -5.15. The third-order valence-corrected chi connectivity index (χ3v) is 5.70. The quantitative estimate of drug-likeness (QED) is 0.410. The van der Waals surface area contributed by atoms with Gasteiger partial charge in [-0.15, -0.1) is 0 Å². The summed E-state index contributed by atoms with van der Waals surface area (Å²) in [5, 5.41) is 11.5. The maximum atomic E-state index is 13.4. The van der Waals surface area contributed by atoms with Crippen LogP contribution in [0.1, 0.15) is 5.56 Å². The van der Waals surface area contributed by atoms with E-state index in [-0.39, 0.29) is 16.3 Å². The van der Waals surface area contributed by atoms with Crippen molar-refractivity contribution in [1.82, 2.24) is 4.98 Å². The third-order valence-electron chi connectivity index (χ3n) is 3.85. The van der Waals surface area contributed by atoms with Gasteiger partial charge in [-0.05, 0) is 18.2 Å². The first-order valence-corrected chi connectivity index (χ1v) is 8.74. The average Bonchev–Trinajstić information content (AvgIpc) is 2.59. The number of nitrogens with two attached hydrogens (primary N) is 1. The molecule has 1 aromatic heterocycles. The number of rotatable bonds is 3. The summed E-state index contributed by atoms with van der Waals surface area (Å²) in [5.41, 5.74) is 2.07. The van der Waals surface area contributed by atoms with Gasteiger partial charge in [-0.25, -0.2) is 8.42 Å². The molecule has 0 saturated heterocycles. The molecular formula is C16H10F3N3O4S. The van der Waals surface area contributed by atoms with Crippen LogP contribution in [-0.4, -0.2) is 18.3 Å². The monoisotopic (exact) mass is 397 g/mol. The second-order valence-electron chi connectivity index (χ2n) is 5.52. The van der Waals surface area contributed by atoms with Crippen molar-refractivity contribution in [2.75, 3.05) is 5.73 Å². The Morgan fingerprint density at radius 2 is 1.81 bits per heavy atom. The number of nitro groups is 1. The Balaban J connectivity index is 2.38. The standard InChI is InChI=1S/C16H10F3N3O4S/c17-16(18,19)11-6-13(22(23)24)12(20)7-15(11)27(25,26)14-3-1-2-9-8-21-5-4-10(9)14/h1-8H,20H2. The van der Waals surface area contributed by atoms with E-state index in [1.54, 1.807) is 6.07 Å². The van der Waals surface area contributed by atoms with Crippen molar-refractivity contribution in [2.45, 2.75) is 16.0 Å². The molecule has 0 spiro atoms. The predicted molar refractivity (Wildman–Crippen MR) is 89.7 cm³/mol. The number of pyridine rings is 1. The zero-order valence-corrected chi connectivity index (χ0v) is 14.1. The number of hydrogen-bond acceptors (Lipinski definition) is 6. The Labute approximate surface area is 150 Å². The fourth-order valence-electron chi connectivity index (χ4n) is 2.63. The molecule has 2 aromatic carbocycles. The number of nitrogens with zero attached hydrogens (tertiary/aromatic N) is 2. The molecular weight excluding hydrogens is 387 g/mol. The van der Waals surface area contributed by atoms with Crippen LogP contribution in [0.3, 0.4) is 0 Å². The number of nitrogen functional groups attached to an aromatic ring is 1. The first-order valence-electron chi connectivity index (χ1n) is 7.26. The SMILES string of the molecule is Nc1cc(S(=O)(=O)c2cccc3cnccc23)c(C(F)(F)F)cc1[N+](=O)[O-]. The Hall–Kier alpha value is -3.21. The van der Waals surface area contributed by atoms with E-state index in [1.165, 1.54) is 24.5 Å². The second-order valence-corrected chi connectivity index (χ2v) is 7.40. The lowest BCUT2D eigenvalue weighted by Crippen LogP contribution is -2.15. The minimum absolute atomic E-state index is 0.134. The maximum absolute atomic E-state index is 13.4. The molecule has 0 atom stereocenters. The lowest BCUT2D eigenvalue weighted by atomic mass is 10.1. The van der Waals surface area contributed by atoms with E-state index in [0.717, 1.165) is 6.07 Å². The van der Waals surface area contributed by atoms with Gasteiger partial charge < -0.3 is 5.73 Å². The molecule has 0 bridgehead atoms. The van der Waals surface area contributed by atoms with Crippen LogP contribution in [0.2, 0.25) is 0 Å². The van der Waals surface area contributed by atoms with Gasteiger partial charge in [0.05, 0.1) is 20.3 Å². The number of nitro benzene ring substituents is 1. The van der Waals surface area contributed by atoms with Crippen LogP contribution in [0.4, 0.5) is 24.5 Å². The van der Waals surface area contributed by atoms with Gasteiger partial charge in [-0.2, -0.15) is 13.2 Å². The molecule has 27 heavy (non-hydrogen) atoms. The van der Waals surface area contributed by atoms with Crippen LogP contribution in [0.25, 0.3) is 10.8 Å². The molecule has 0 saturated carbocycles. The van der Waals surface area contributed by atoms with Gasteiger partial charge in [0.25, 0.3) is 5.69 Å². The molecule has 3 aromatic rings. The molecule has 0 aliphatic carbocycles. The van der Waals surface area contributed by atoms with Crippen molar-refractivity contribution >= 4 is 32.0 Å². The normalized spacial score (nSPS) is 12.3. The Bertz CT molecular complexity index is 1170. The highest BCUT2D eigenvalue weighted by atomic mass is 32.2. The minimum Gasteiger partial charge on any atom is -0.393 e. The molecule has 140 valence electrons. The number of anilines is 1. The molecule has 0 unspecified atom stereocenters. The van der Waals surface area contributed by atoms with E-state index in [4.69, 9.17) is 5.73 Å². The van der Waals surface area contributed by atoms with E-state index >= 15 is 0 Å². The van der Waals surface area contributed by atoms with Crippen molar-refractivity contribution in [1.29, 1.82) is 0 Å². The number of alkyl halides is 3. The van der Waals surface area contributed by atoms with E-state index in [0.29, 0.717) is 11.5 Å². The molecule has 2 N–H and O–H groups in total. The van der Waals surface area contributed by atoms with Crippen molar-refractivity contribution in [3.8, 4) is 0 Å². The molecule has 11 heteroatoms. The van der Waals surface area contributed by atoms with Crippen LogP contribution in [0, 0.1) is 10.1 Å². The van der Waals surface area contributed by atoms with Crippen molar-refractivity contribution in [3.63, 3.8) is 0 Å². The summed E-state index contributed by atoms with van der Waals surface area (Å²) < 4.78 is 66.3. The highest BCUT2D eigenvalue weighted by Gasteiger charge is 2.40. The van der Waals surface area contributed by atoms with Crippen molar-refractivity contribution < 1.29 is 26.5 Å². The fourth-order valence-corrected chi connectivity index (χ4v) is 4.35. The third kappa shape index (κ3) is 3.16. The van der Waals surface area contributed by atoms with Gasteiger partial charge in [0.1, 0.15) is 5.69 Å². The molecule has 3 rings (SSSR count). The van der Waals surface area contributed by atoms with E-state index in [1.807, 2.05) is 0 Å². The smallest absolute Gasteiger partial charge is 0.393 e. The summed E-state index contributed by atoms with van der Waals surface area (Å²) in [6.07, 6.45) is -2.48. The van der Waals surface area contributed by atoms with Gasteiger partial charge in [-0.1, -0.05) is 12.1 Å². The predicted octanol–water partition coefficient (Wildman–Crippen LogP) is 3.58. The largest absolute Gasteiger partial charge is 0.417 e. The number of sulfone groups is 1. The summed E-state index contributed by atoms with van der Waals surface area (Å²) in [5.74, 6) is 0. The summed E-state index contributed by atoms with van der Waals surface area (Å²) in [4.78, 5) is 12.1. The van der Waals surface area contributed by atoms with Crippen molar-refractivity contribution in [3.05, 3.63) is 64.5 Å². The van der Waals surface area contributed by atoms with E-state index in [9.17, 15) is 31.7 Å². The zero-order valence-electron chi connectivity index (χ0n) is 13.3. The lowest BCUT2D eigenvalue weighted by Gasteiger charge is -2.15. The first-order chi connectivity index (χ1) is 12.5. The number of halogens is 3. The summed E-state index contributed by atoms with van der Waals surface area (Å²) >= 11 is 0. The first kappa shape index (κ1) is 18.6. The van der Waals surface area contributed by atoms with Crippen molar-refractivity contribution in [2.24, 2.45) is 0 Å². The highest BCUT2D eigenvalue weighted by Crippen LogP contribution is 2.41.